The maximum absolute atomic E-state index is 12.5. The van der Waals surface area contributed by atoms with Crippen LogP contribution in [-0.2, 0) is 10.0 Å². The highest BCUT2D eigenvalue weighted by Gasteiger charge is 2.29. The van der Waals surface area contributed by atoms with Crippen molar-refractivity contribution in [2.24, 2.45) is 0 Å². The van der Waals surface area contributed by atoms with Crippen LogP contribution >= 0.6 is 39.0 Å². The number of thiophene rings is 1. The second-order valence-electron chi connectivity index (χ2n) is 4.21. The second kappa shape index (κ2) is 7.26. The van der Waals surface area contributed by atoms with Crippen LogP contribution in [-0.4, -0.2) is 48.9 Å². The third-order valence-corrected chi connectivity index (χ3v) is 7.74. The lowest BCUT2D eigenvalue weighted by Crippen LogP contribution is -2.35. The molecule has 9 heteroatoms. The number of nitrogens with zero attached hydrogens (tertiary/aromatic N) is 1. The van der Waals surface area contributed by atoms with Crippen LogP contribution < -0.4 is 0 Å². The molecule has 1 rings (SSSR count). The molecular formula is C11H16BrNO4S3. The monoisotopic (exact) mass is 401 g/mol. The molecule has 0 radical (unpaired) electrons. The molecule has 1 heterocycles. The predicted molar refractivity (Wildman–Crippen MR) is 86.4 cm³/mol. The average molecular weight is 402 g/mol. The van der Waals surface area contributed by atoms with E-state index in [-0.39, 0.29) is 15.8 Å². The van der Waals surface area contributed by atoms with Crippen molar-refractivity contribution in [3.8, 4) is 0 Å². The number of carboxylic acids is 1. The lowest BCUT2D eigenvalue weighted by atomic mass is 10.3. The highest BCUT2D eigenvalue weighted by Crippen LogP contribution is 2.34. The number of carbonyl (C=O) groups is 1. The van der Waals surface area contributed by atoms with Gasteiger partial charge in [-0.05, 0) is 47.3 Å². The molecule has 0 fully saturated rings. The van der Waals surface area contributed by atoms with Gasteiger partial charge in [0.05, 0.1) is 3.79 Å². The van der Waals surface area contributed by atoms with Crippen LogP contribution in [0.4, 0.5) is 0 Å². The van der Waals surface area contributed by atoms with Gasteiger partial charge >= 0.3 is 5.97 Å². The molecule has 0 aliphatic heterocycles. The van der Waals surface area contributed by atoms with Gasteiger partial charge in [0.15, 0.2) is 0 Å². The van der Waals surface area contributed by atoms with Crippen molar-refractivity contribution in [1.82, 2.24) is 4.31 Å². The van der Waals surface area contributed by atoms with Crippen molar-refractivity contribution < 1.29 is 18.3 Å². The third-order valence-electron chi connectivity index (χ3n) is 2.88. The largest absolute Gasteiger partial charge is 0.477 e. The fourth-order valence-corrected chi connectivity index (χ4v) is 5.81. The molecule has 0 aromatic carbocycles. The average Bonchev–Trinajstić information content (AvgIpc) is 2.78. The van der Waals surface area contributed by atoms with E-state index in [4.69, 9.17) is 5.11 Å². The minimum atomic E-state index is -3.69. The molecule has 1 aromatic heterocycles. The Morgan fingerprint density at radius 1 is 1.60 bits per heavy atom. The van der Waals surface area contributed by atoms with Crippen LogP contribution in [0.2, 0.25) is 0 Å². The van der Waals surface area contributed by atoms with Crippen molar-refractivity contribution in [2.75, 3.05) is 19.1 Å². The summed E-state index contributed by atoms with van der Waals surface area (Å²) in [7, 11) is -2.17. The highest BCUT2D eigenvalue weighted by molar-refractivity contribution is 9.11. The number of sulfonamides is 1. The Morgan fingerprint density at radius 3 is 2.65 bits per heavy atom. The Bertz CT molecular complexity index is 584. The second-order valence-corrected chi connectivity index (χ2v) is 9.53. The Kier molecular flexibility index (Phi) is 6.52. The van der Waals surface area contributed by atoms with Crippen molar-refractivity contribution in [3.63, 3.8) is 0 Å². The van der Waals surface area contributed by atoms with Gasteiger partial charge in [0.25, 0.3) is 0 Å². The van der Waals surface area contributed by atoms with Gasteiger partial charge in [0, 0.05) is 13.1 Å². The number of aromatic carboxylic acids is 1. The lowest BCUT2D eigenvalue weighted by molar-refractivity contribution is 0.0702. The zero-order chi connectivity index (χ0) is 15.5. The molecule has 0 aliphatic carbocycles. The first-order chi connectivity index (χ1) is 9.21. The summed E-state index contributed by atoms with van der Waals surface area (Å²) in [5, 5.41) is 8.93. The normalized spacial score (nSPS) is 13.7. The van der Waals surface area contributed by atoms with Crippen LogP contribution in [0, 0.1) is 0 Å². The Balaban J connectivity index is 3.07. The van der Waals surface area contributed by atoms with Crippen LogP contribution in [0.5, 0.6) is 0 Å². The molecular weight excluding hydrogens is 386 g/mol. The van der Waals surface area contributed by atoms with Gasteiger partial charge in [-0.3, -0.25) is 0 Å². The zero-order valence-corrected chi connectivity index (χ0v) is 15.3. The molecule has 0 saturated carbocycles. The first kappa shape index (κ1) is 18.0. The molecule has 0 bridgehead atoms. The van der Waals surface area contributed by atoms with E-state index in [2.05, 4.69) is 15.9 Å². The van der Waals surface area contributed by atoms with Gasteiger partial charge in [-0.2, -0.15) is 16.1 Å². The molecule has 0 aliphatic rings. The first-order valence-corrected chi connectivity index (χ1v) is 10.2. The topological polar surface area (TPSA) is 74.7 Å². The molecule has 0 spiro atoms. The summed E-state index contributed by atoms with van der Waals surface area (Å²) in [5.41, 5.74) is 0. The molecule has 20 heavy (non-hydrogen) atoms. The number of hydrogen-bond acceptors (Lipinski definition) is 5. The standard InChI is InChI=1S/C11H16BrNO4S3/c1-7(4-5-18-3)13(2)20(16,17)9-6-8(11(14)15)19-10(9)12/h6-7H,4-5H2,1-3H3,(H,14,15). The van der Waals surface area contributed by atoms with E-state index < -0.39 is 16.0 Å². The number of rotatable bonds is 7. The SMILES string of the molecule is CSCCC(C)N(C)S(=O)(=O)c1cc(C(=O)O)sc1Br. The minimum Gasteiger partial charge on any atom is -0.477 e. The van der Waals surface area contributed by atoms with Crippen molar-refractivity contribution in [3.05, 3.63) is 14.7 Å². The maximum atomic E-state index is 12.5. The van der Waals surface area contributed by atoms with E-state index in [0.29, 0.717) is 3.79 Å². The fourth-order valence-electron chi connectivity index (χ4n) is 1.50. The van der Waals surface area contributed by atoms with Gasteiger partial charge in [-0.1, -0.05) is 0 Å². The summed E-state index contributed by atoms with van der Waals surface area (Å²) in [6, 6.07) is 1.05. The summed E-state index contributed by atoms with van der Waals surface area (Å²) < 4.78 is 26.6. The van der Waals surface area contributed by atoms with Crippen molar-refractivity contribution in [2.45, 2.75) is 24.3 Å². The molecule has 0 saturated heterocycles. The quantitative estimate of drug-likeness (QED) is 0.759. The molecule has 1 aromatic rings. The van der Waals surface area contributed by atoms with E-state index in [1.807, 2.05) is 13.2 Å². The highest BCUT2D eigenvalue weighted by atomic mass is 79.9. The number of halogens is 1. The minimum absolute atomic E-state index is 0.000571. The molecule has 1 atom stereocenters. The Hall–Kier alpha value is -0.0900. The Morgan fingerprint density at radius 2 is 2.20 bits per heavy atom. The van der Waals surface area contributed by atoms with Gasteiger partial charge in [0.1, 0.15) is 9.77 Å². The third kappa shape index (κ3) is 3.97. The van der Waals surface area contributed by atoms with E-state index in [0.717, 1.165) is 23.5 Å². The summed E-state index contributed by atoms with van der Waals surface area (Å²) in [5.74, 6) is -0.262. The van der Waals surface area contributed by atoms with Crippen LogP contribution in [0.15, 0.2) is 14.7 Å². The van der Waals surface area contributed by atoms with Gasteiger partial charge in [0.2, 0.25) is 10.0 Å². The van der Waals surface area contributed by atoms with Gasteiger partial charge in [-0.25, -0.2) is 13.2 Å². The van der Waals surface area contributed by atoms with Crippen LogP contribution in [0.1, 0.15) is 23.0 Å². The summed E-state index contributed by atoms with van der Waals surface area (Å²) in [6.45, 7) is 1.84. The number of thioether (sulfide) groups is 1. The summed E-state index contributed by atoms with van der Waals surface area (Å²) >= 11 is 5.70. The van der Waals surface area contributed by atoms with Crippen molar-refractivity contribution >= 4 is 55.0 Å². The smallest absolute Gasteiger partial charge is 0.345 e. The fraction of sp³-hybridized carbons (Fsp3) is 0.545. The van der Waals surface area contributed by atoms with Crippen LogP contribution in [0.3, 0.4) is 0 Å². The number of carboxylic acid groups (broad SMARTS) is 1. The van der Waals surface area contributed by atoms with Crippen molar-refractivity contribution in [1.29, 1.82) is 0 Å². The molecule has 5 nitrogen and oxygen atoms in total. The molecule has 0 amide bonds. The van der Waals surface area contributed by atoms with Gasteiger partial charge in [-0.15, -0.1) is 11.3 Å². The molecule has 1 N–H and O–H groups in total. The predicted octanol–water partition coefficient (Wildman–Crippen LogP) is 2.97. The van der Waals surface area contributed by atoms with E-state index >= 15 is 0 Å². The van der Waals surface area contributed by atoms with Crippen LogP contribution in [0.25, 0.3) is 0 Å². The molecule has 114 valence electrons. The van der Waals surface area contributed by atoms with Gasteiger partial charge < -0.3 is 5.11 Å². The number of hydrogen-bond donors (Lipinski definition) is 1. The lowest BCUT2D eigenvalue weighted by Gasteiger charge is -2.23. The zero-order valence-electron chi connectivity index (χ0n) is 11.3. The Labute approximate surface area is 135 Å². The maximum Gasteiger partial charge on any atom is 0.345 e. The van der Waals surface area contributed by atoms with E-state index in [1.54, 1.807) is 11.8 Å². The summed E-state index contributed by atoms with van der Waals surface area (Å²) in [6.07, 6.45) is 2.71. The first-order valence-electron chi connectivity index (χ1n) is 5.71. The van der Waals surface area contributed by atoms with E-state index in [1.165, 1.54) is 17.4 Å². The van der Waals surface area contributed by atoms with E-state index in [9.17, 15) is 13.2 Å². The molecule has 1 unspecified atom stereocenters. The summed E-state index contributed by atoms with van der Waals surface area (Å²) in [4.78, 5) is 10.9.